The van der Waals surface area contributed by atoms with Crippen LogP contribution in [0.25, 0.3) is 0 Å². The number of para-hydroxylation sites is 2. The zero-order valence-corrected chi connectivity index (χ0v) is 13.5. The number of carbonyl (C=O) groups is 1. The van der Waals surface area contributed by atoms with Crippen molar-refractivity contribution in [1.29, 1.82) is 0 Å². The first-order valence-corrected chi connectivity index (χ1v) is 8.07. The second-order valence-electron chi connectivity index (χ2n) is 5.89. The standard InChI is InChI=1S/C19H19NO4/c1-22-17-10-5-2-7-14(17)13-20-16-9-4-3-8-15(16)19(18(20)21)23-11-6-12-24-19/h2-5,7-10H,6,11-13H2,1H3. The number of ether oxygens (including phenoxy) is 3. The average molecular weight is 325 g/mol. The number of fused-ring (bicyclic) bond motifs is 2. The Labute approximate surface area is 140 Å². The molecule has 124 valence electrons. The Hall–Kier alpha value is -2.37. The monoisotopic (exact) mass is 325 g/mol. The molecular weight excluding hydrogens is 306 g/mol. The molecule has 1 spiro atoms. The van der Waals surface area contributed by atoms with Gasteiger partial charge in [0.15, 0.2) is 0 Å². The molecule has 1 saturated heterocycles. The Morgan fingerprint density at radius 3 is 2.58 bits per heavy atom. The summed E-state index contributed by atoms with van der Waals surface area (Å²) in [4.78, 5) is 14.9. The predicted molar refractivity (Wildman–Crippen MR) is 88.8 cm³/mol. The fourth-order valence-electron chi connectivity index (χ4n) is 3.36. The Morgan fingerprint density at radius 1 is 1.08 bits per heavy atom. The highest BCUT2D eigenvalue weighted by atomic mass is 16.7. The molecule has 2 heterocycles. The number of methoxy groups -OCH3 is 1. The molecule has 2 aromatic carbocycles. The second kappa shape index (κ2) is 5.92. The van der Waals surface area contributed by atoms with Crippen LogP contribution in [0, 0.1) is 0 Å². The van der Waals surface area contributed by atoms with Crippen molar-refractivity contribution in [3.8, 4) is 5.75 Å². The number of amides is 1. The van der Waals surface area contributed by atoms with Gasteiger partial charge in [0.2, 0.25) is 0 Å². The molecular formula is C19H19NO4. The van der Waals surface area contributed by atoms with E-state index >= 15 is 0 Å². The van der Waals surface area contributed by atoms with Gasteiger partial charge in [-0.1, -0.05) is 36.4 Å². The topological polar surface area (TPSA) is 48.0 Å². The summed E-state index contributed by atoms with van der Waals surface area (Å²) in [5.74, 6) is -0.708. The highest BCUT2D eigenvalue weighted by Gasteiger charge is 2.54. The maximum atomic E-state index is 13.2. The molecule has 0 aromatic heterocycles. The van der Waals surface area contributed by atoms with Gasteiger partial charge in [-0.3, -0.25) is 4.79 Å². The summed E-state index contributed by atoms with van der Waals surface area (Å²) in [5.41, 5.74) is 2.55. The van der Waals surface area contributed by atoms with E-state index in [-0.39, 0.29) is 5.91 Å². The minimum atomic E-state index is -1.29. The van der Waals surface area contributed by atoms with Gasteiger partial charge >= 0.3 is 0 Å². The summed E-state index contributed by atoms with van der Waals surface area (Å²) >= 11 is 0. The fraction of sp³-hybridized carbons (Fsp3) is 0.316. The van der Waals surface area contributed by atoms with E-state index in [2.05, 4.69) is 0 Å². The number of rotatable bonds is 3. The van der Waals surface area contributed by atoms with Crippen LogP contribution >= 0.6 is 0 Å². The van der Waals surface area contributed by atoms with Crippen molar-refractivity contribution >= 4 is 11.6 Å². The summed E-state index contributed by atoms with van der Waals surface area (Å²) in [5, 5.41) is 0. The van der Waals surface area contributed by atoms with Crippen LogP contribution in [0.15, 0.2) is 48.5 Å². The highest BCUT2D eigenvalue weighted by Crippen LogP contribution is 2.45. The lowest BCUT2D eigenvalue weighted by atomic mass is 10.1. The molecule has 2 aliphatic rings. The lowest BCUT2D eigenvalue weighted by Gasteiger charge is -2.32. The maximum absolute atomic E-state index is 13.2. The van der Waals surface area contributed by atoms with Crippen molar-refractivity contribution in [3.63, 3.8) is 0 Å². The van der Waals surface area contributed by atoms with Crippen molar-refractivity contribution in [2.45, 2.75) is 18.8 Å². The van der Waals surface area contributed by atoms with Gasteiger partial charge in [-0.2, -0.15) is 0 Å². The van der Waals surface area contributed by atoms with E-state index in [1.165, 1.54) is 0 Å². The number of benzene rings is 2. The van der Waals surface area contributed by atoms with Crippen LogP contribution in [0.5, 0.6) is 5.75 Å². The van der Waals surface area contributed by atoms with Gasteiger partial charge in [-0.15, -0.1) is 0 Å². The summed E-state index contributed by atoms with van der Waals surface area (Å²) in [6.07, 6.45) is 0.795. The van der Waals surface area contributed by atoms with E-state index < -0.39 is 5.79 Å². The lowest BCUT2D eigenvalue weighted by molar-refractivity contribution is -0.256. The van der Waals surface area contributed by atoms with Gasteiger partial charge in [0, 0.05) is 11.1 Å². The Balaban J connectivity index is 1.75. The van der Waals surface area contributed by atoms with Crippen LogP contribution in [0.1, 0.15) is 17.5 Å². The smallest absolute Gasteiger partial charge is 0.292 e. The van der Waals surface area contributed by atoms with E-state index in [4.69, 9.17) is 14.2 Å². The second-order valence-corrected chi connectivity index (χ2v) is 5.89. The van der Waals surface area contributed by atoms with E-state index in [0.29, 0.717) is 19.8 Å². The third kappa shape index (κ3) is 2.20. The molecule has 0 aliphatic carbocycles. The third-order valence-electron chi connectivity index (χ3n) is 4.50. The fourth-order valence-corrected chi connectivity index (χ4v) is 3.36. The quantitative estimate of drug-likeness (QED) is 0.871. The molecule has 0 radical (unpaired) electrons. The zero-order valence-electron chi connectivity index (χ0n) is 13.5. The molecule has 2 aliphatic heterocycles. The predicted octanol–water partition coefficient (Wildman–Crippen LogP) is 2.83. The number of nitrogens with zero attached hydrogens (tertiary/aromatic N) is 1. The number of hydrogen-bond donors (Lipinski definition) is 0. The van der Waals surface area contributed by atoms with E-state index in [9.17, 15) is 4.79 Å². The van der Waals surface area contributed by atoms with Crippen molar-refractivity contribution < 1.29 is 19.0 Å². The van der Waals surface area contributed by atoms with Crippen molar-refractivity contribution in [2.75, 3.05) is 25.2 Å². The maximum Gasteiger partial charge on any atom is 0.292 e. The van der Waals surface area contributed by atoms with Gasteiger partial charge < -0.3 is 19.1 Å². The van der Waals surface area contributed by atoms with Gasteiger partial charge in [0.25, 0.3) is 11.7 Å². The molecule has 4 rings (SSSR count). The van der Waals surface area contributed by atoms with Crippen LogP contribution in [-0.2, 0) is 26.6 Å². The average Bonchev–Trinajstić information content (AvgIpc) is 2.86. The van der Waals surface area contributed by atoms with Gasteiger partial charge in [0.1, 0.15) is 5.75 Å². The molecule has 0 unspecified atom stereocenters. The minimum Gasteiger partial charge on any atom is -0.496 e. The molecule has 0 saturated carbocycles. The van der Waals surface area contributed by atoms with Crippen LogP contribution in [-0.4, -0.2) is 26.2 Å². The zero-order chi connectivity index (χ0) is 16.6. The molecule has 0 atom stereocenters. The Bertz CT molecular complexity index is 767. The van der Waals surface area contributed by atoms with Crippen molar-refractivity contribution in [3.05, 3.63) is 59.7 Å². The minimum absolute atomic E-state index is 0.172. The molecule has 5 heteroatoms. The summed E-state index contributed by atoms with van der Waals surface area (Å²) < 4.78 is 17.1. The summed E-state index contributed by atoms with van der Waals surface area (Å²) in [6, 6.07) is 15.4. The van der Waals surface area contributed by atoms with E-state index in [1.54, 1.807) is 12.0 Å². The number of anilines is 1. The molecule has 1 amide bonds. The first-order chi connectivity index (χ1) is 11.8. The van der Waals surface area contributed by atoms with Crippen molar-refractivity contribution in [2.24, 2.45) is 0 Å². The third-order valence-corrected chi connectivity index (χ3v) is 4.50. The SMILES string of the molecule is COc1ccccc1CN1C(=O)C2(OCCCO2)c2ccccc21. The Morgan fingerprint density at radius 2 is 1.79 bits per heavy atom. The van der Waals surface area contributed by atoms with Crippen LogP contribution in [0.2, 0.25) is 0 Å². The number of hydrogen-bond acceptors (Lipinski definition) is 4. The van der Waals surface area contributed by atoms with Crippen LogP contribution in [0.4, 0.5) is 5.69 Å². The van der Waals surface area contributed by atoms with E-state index in [0.717, 1.165) is 29.0 Å². The summed E-state index contributed by atoms with van der Waals surface area (Å²) in [7, 11) is 1.63. The van der Waals surface area contributed by atoms with Crippen LogP contribution in [0.3, 0.4) is 0 Å². The van der Waals surface area contributed by atoms with Crippen molar-refractivity contribution in [1.82, 2.24) is 0 Å². The molecule has 5 nitrogen and oxygen atoms in total. The van der Waals surface area contributed by atoms with Crippen LogP contribution < -0.4 is 9.64 Å². The van der Waals surface area contributed by atoms with Gasteiger partial charge in [-0.05, 0) is 18.6 Å². The van der Waals surface area contributed by atoms with E-state index in [1.807, 2.05) is 48.5 Å². The highest BCUT2D eigenvalue weighted by molar-refractivity contribution is 6.06. The molecule has 1 fully saturated rings. The normalized spacial score (nSPS) is 18.7. The Kier molecular flexibility index (Phi) is 3.75. The van der Waals surface area contributed by atoms with Gasteiger partial charge in [-0.25, -0.2) is 0 Å². The largest absolute Gasteiger partial charge is 0.496 e. The lowest BCUT2D eigenvalue weighted by Crippen LogP contribution is -2.47. The first kappa shape index (κ1) is 15.2. The molecule has 24 heavy (non-hydrogen) atoms. The first-order valence-electron chi connectivity index (χ1n) is 8.07. The van der Waals surface area contributed by atoms with Gasteiger partial charge in [0.05, 0.1) is 32.6 Å². The summed E-state index contributed by atoms with van der Waals surface area (Å²) in [6.45, 7) is 1.44. The molecule has 0 bridgehead atoms. The molecule has 0 N–H and O–H groups in total. The molecule has 2 aromatic rings. The number of carbonyl (C=O) groups excluding carboxylic acids is 1.